The van der Waals surface area contributed by atoms with Crippen LogP contribution in [0.4, 0.5) is 0 Å². The molecule has 25 heavy (non-hydrogen) atoms. The average molecular weight is 418 g/mol. The van der Waals surface area contributed by atoms with Gasteiger partial charge in [0.2, 0.25) is 10.0 Å². The van der Waals surface area contributed by atoms with Crippen molar-refractivity contribution in [1.29, 1.82) is 0 Å². The number of hydrogen-bond donors (Lipinski definition) is 1. The zero-order chi connectivity index (χ0) is 17.4. The molecule has 7 heteroatoms. The first kappa shape index (κ1) is 16.5. The highest BCUT2D eigenvalue weighted by molar-refractivity contribution is 9.10. The van der Waals surface area contributed by atoms with Crippen LogP contribution in [-0.4, -0.2) is 35.8 Å². The molecular formula is C18H16BrN3O2S. The van der Waals surface area contributed by atoms with Gasteiger partial charge < -0.3 is 4.98 Å². The number of fused-ring (bicyclic) bond motifs is 1. The Kier molecular flexibility index (Phi) is 4.23. The number of aromatic amines is 1. The number of H-pyrrole nitrogens is 1. The van der Waals surface area contributed by atoms with Crippen LogP contribution in [0.3, 0.4) is 0 Å². The maximum absolute atomic E-state index is 12.8. The second kappa shape index (κ2) is 6.40. The Morgan fingerprint density at radius 2 is 1.96 bits per heavy atom. The van der Waals surface area contributed by atoms with E-state index < -0.39 is 10.0 Å². The Morgan fingerprint density at radius 1 is 1.16 bits per heavy atom. The molecule has 1 aliphatic heterocycles. The number of rotatable bonds is 3. The van der Waals surface area contributed by atoms with Crippen LogP contribution in [0.25, 0.3) is 16.6 Å². The molecule has 4 rings (SSSR count). The highest BCUT2D eigenvalue weighted by atomic mass is 79.9. The Hall–Kier alpha value is -1.96. The van der Waals surface area contributed by atoms with E-state index in [0.29, 0.717) is 24.4 Å². The van der Waals surface area contributed by atoms with Crippen molar-refractivity contribution >= 4 is 42.6 Å². The summed E-state index contributed by atoms with van der Waals surface area (Å²) in [6, 6.07) is 10.7. The molecule has 0 bridgehead atoms. The lowest BCUT2D eigenvalue weighted by atomic mass is 10.0. The first-order valence-corrected chi connectivity index (χ1v) is 10.2. The summed E-state index contributed by atoms with van der Waals surface area (Å²) in [5, 5.41) is 1.07. The predicted molar refractivity (Wildman–Crippen MR) is 102 cm³/mol. The van der Waals surface area contributed by atoms with Crippen LogP contribution in [0.15, 0.2) is 64.2 Å². The zero-order valence-corrected chi connectivity index (χ0v) is 15.7. The molecule has 0 saturated heterocycles. The molecule has 3 aromatic rings. The summed E-state index contributed by atoms with van der Waals surface area (Å²) >= 11 is 3.33. The first-order valence-electron chi connectivity index (χ1n) is 7.93. The van der Waals surface area contributed by atoms with Crippen LogP contribution in [-0.2, 0) is 10.0 Å². The smallest absolute Gasteiger partial charge is 0.243 e. The van der Waals surface area contributed by atoms with Crippen LogP contribution in [0.2, 0.25) is 0 Å². The molecule has 0 saturated carbocycles. The van der Waals surface area contributed by atoms with E-state index in [0.717, 1.165) is 26.6 Å². The standard InChI is InChI=1S/C18H16BrN3O2S/c19-14-3-5-15(6-4-14)25(23,24)22-10-7-13(8-11-22)17-12-21-18-16(17)2-1-9-20-18/h1-7,9,12H,8,10-11H2,(H,20,21). The summed E-state index contributed by atoms with van der Waals surface area (Å²) in [5.41, 5.74) is 3.11. The minimum absolute atomic E-state index is 0.323. The van der Waals surface area contributed by atoms with Gasteiger partial charge in [-0.3, -0.25) is 0 Å². The monoisotopic (exact) mass is 417 g/mol. The molecule has 2 aromatic heterocycles. The number of benzene rings is 1. The van der Waals surface area contributed by atoms with Gasteiger partial charge >= 0.3 is 0 Å². The van der Waals surface area contributed by atoms with Crippen molar-refractivity contribution in [1.82, 2.24) is 14.3 Å². The van der Waals surface area contributed by atoms with Gasteiger partial charge in [-0.05, 0) is 48.4 Å². The number of sulfonamides is 1. The van der Waals surface area contributed by atoms with Gasteiger partial charge in [0.05, 0.1) is 4.90 Å². The maximum atomic E-state index is 12.8. The fourth-order valence-electron chi connectivity index (χ4n) is 3.09. The van der Waals surface area contributed by atoms with E-state index in [9.17, 15) is 8.42 Å². The van der Waals surface area contributed by atoms with Crippen LogP contribution in [0, 0.1) is 0 Å². The molecule has 3 heterocycles. The number of halogens is 1. The largest absolute Gasteiger partial charge is 0.346 e. The Morgan fingerprint density at radius 3 is 2.68 bits per heavy atom. The second-order valence-corrected chi connectivity index (χ2v) is 8.75. The van der Waals surface area contributed by atoms with Gasteiger partial charge in [0, 0.05) is 40.9 Å². The van der Waals surface area contributed by atoms with Gasteiger partial charge in [-0.1, -0.05) is 22.0 Å². The Balaban J connectivity index is 1.60. The van der Waals surface area contributed by atoms with E-state index in [4.69, 9.17) is 0 Å². The third kappa shape index (κ3) is 3.03. The van der Waals surface area contributed by atoms with E-state index in [2.05, 4.69) is 25.9 Å². The molecule has 5 nitrogen and oxygen atoms in total. The van der Waals surface area contributed by atoms with Crippen molar-refractivity contribution in [3.63, 3.8) is 0 Å². The first-order chi connectivity index (χ1) is 12.1. The number of nitrogens with zero attached hydrogens (tertiary/aromatic N) is 2. The molecular weight excluding hydrogens is 402 g/mol. The van der Waals surface area contributed by atoms with Crippen molar-refractivity contribution in [3.05, 3.63) is 64.9 Å². The zero-order valence-electron chi connectivity index (χ0n) is 13.3. The molecule has 128 valence electrons. The number of pyridine rings is 1. The molecule has 1 N–H and O–H groups in total. The highest BCUT2D eigenvalue weighted by Gasteiger charge is 2.26. The molecule has 0 atom stereocenters. The SMILES string of the molecule is O=S(=O)(c1ccc(Br)cc1)N1CC=C(c2c[nH]c3ncccc23)CC1. The third-order valence-electron chi connectivity index (χ3n) is 4.42. The van der Waals surface area contributed by atoms with E-state index in [1.807, 2.05) is 24.4 Å². The number of aromatic nitrogens is 2. The van der Waals surface area contributed by atoms with Crippen molar-refractivity contribution in [3.8, 4) is 0 Å². The molecule has 0 spiro atoms. The van der Waals surface area contributed by atoms with E-state index >= 15 is 0 Å². The van der Waals surface area contributed by atoms with Gasteiger partial charge in [0.15, 0.2) is 0 Å². The lowest BCUT2D eigenvalue weighted by Crippen LogP contribution is -2.34. The summed E-state index contributed by atoms with van der Waals surface area (Å²) in [7, 11) is -3.47. The predicted octanol–water partition coefficient (Wildman–Crippen LogP) is 3.80. The summed E-state index contributed by atoms with van der Waals surface area (Å²) in [4.78, 5) is 7.80. The fourth-order valence-corrected chi connectivity index (χ4v) is 4.74. The summed E-state index contributed by atoms with van der Waals surface area (Å²) < 4.78 is 27.9. The molecule has 0 fully saturated rings. The quantitative estimate of drug-likeness (QED) is 0.704. The van der Waals surface area contributed by atoms with Crippen LogP contribution >= 0.6 is 15.9 Å². The van der Waals surface area contributed by atoms with Crippen LogP contribution in [0.1, 0.15) is 12.0 Å². The number of hydrogen-bond acceptors (Lipinski definition) is 3. The average Bonchev–Trinajstić information content (AvgIpc) is 3.06. The molecule has 0 amide bonds. The van der Waals surface area contributed by atoms with Gasteiger partial charge in [-0.25, -0.2) is 13.4 Å². The van der Waals surface area contributed by atoms with E-state index in [1.165, 1.54) is 4.31 Å². The molecule has 0 aliphatic carbocycles. The normalized spacial score (nSPS) is 16.1. The van der Waals surface area contributed by atoms with Crippen LogP contribution in [0.5, 0.6) is 0 Å². The Bertz CT molecular complexity index is 1060. The van der Waals surface area contributed by atoms with Gasteiger partial charge in [0.1, 0.15) is 5.65 Å². The van der Waals surface area contributed by atoms with Gasteiger partial charge in [-0.15, -0.1) is 0 Å². The summed E-state index contributed by atoms with van der Waals surface area (Å²) in [6.45, 7) is 0.845. The van der Waals surface area contributed by atoms with E-state index in [-0.39, 0.29) is 0 Å². The molecule has 1 aromatic carbocycles. The molecule has 0 unspecified atom stereocenters. The van der Waals surface area contributed by atoms with E-state index in [1.54, 1.807) is 30.5 Å². The van der Waals surface area contributed by atoms with Gasteiger partial charge in [0.25, 0.3) is 0 Å². The second-order valence-electron chi connectivity index (χ2n) is 5.90. The summed E-state index contributed by atoms with van der Waals surface area (Å²) in [6.07, 6.45) is 6.37. The topological polar surface area (TPSA) is 66.1 Å². The van der Waals surface area contributed by atoms with Gasteiger partial charge in [-0.2, -0.15) is 4.31 Å². The van der Waals surface area contributed by atoms with Crippen molar-refractivity contribution < 1.29 is 8.42 Å². The minimum atomic E-state index is -3.47. The van der Waals surface area contributed by atoms with Crippen molar-refractivity contribution in [2.45, 2.75) is 11.3 Å². The minimum Gasteiger partial charge on any atom is -0.346 e. The Labute approximate surface area is 154 Å². The van der Waals surface area contributed by atoms with Crippen molar-refractivity contribution in [2.75, 3.05) is 13.1 Å². The lowest BCUT2D eigenvalue weighted by Gasteiger charge is -2.25. The third-order valence-corrected chi connectivity index (χ3v) is 6.83. The molecule has 1 aliphatic rings. The van der Waals surface area contributed by atoms with Crippen molar-refractivity contribution in [2.24, 2.45) is 0 Å². The maximum Gasteiger partial charge on any atom is 0.243 e. The fraction of sp³-hybridized carbons (Fsp3) is 0.167. The lowest BCUT2D eigenvalue weighted by molar-refractivity contribution is 0.441. The highest BCUT2D eigenvalue weighted by Crippen LogP contribution is 2.30. The number of nitrogens with one attached hydrogen (secondary N) is 1. The molecule has 0 radical (unpaired) electrons. The van der Waals surface area contributed by atoms with Crippen LogP contribution < -0.4 is 0 Å². The summed E-state index contributed by atoms with van der Waals surface area (Å²) in [5.74, 6) is 0.